The minimum atomic E-state index is -0.853. The van der Waals surface area contributed by atoms with Gasteiger partial charge in [0.25, 0.3) is 17.7 Å². The topological polar surface area (TPSA) is 93.4 Å². The highest BCUT2D eigenvalue weighted by Gasteiger charge is 2.25. The molecule has 1 aromatic heterocycles. The molecule has 0 aliphatic carbocycles. The zero-order valence-electron chi connectivity index (χ0n) is 14.9. The van der Waals surface area contributed by atoms with Crippen molar-refractivity contribution in [1.29, 1.82) is 0 Å². The van der Waals surface area contributed by atoms with Crippen LogP contribution in [0.4, 0.5) is 8.78 Å². The molecule has 8 heteroatoms. The van der Waals surface area contributed by atoms with Gasteiger partial charge in [0, 0.05) is 23.1 Å². The fourth-order valence-corrected chi connectivity index (χ4v) is 3.17. The standard InChI is InChI=1S/C21H13F2N3O3/c22-13-4-1-11(2-5-13)15-9-16(21(24)29)25-20-14(15)6-3-12(19(20)23)10-26-17(27)7-8-18(26)28/h1-9H,10H2,(H2,24,29). The second-order valence-electron chi connectivity index (χ2n) is 6.46. The molecular formula is C21H13F2N3O3. The fourth-order valence-electron chi connectivity index (χ4n) is 3.17. The summed E-state index contributed by atoms with van der Waals surface area (Å²) in [4.78, 5) is 40.2. The van der Waals surface area contributed by atoms with Gasteiger partial charge >= 0.3 is 0 Å². The van der Waals surface area contributed by atoms with Crippen LogP contribution in [0.2, 0.25) is 0 Å². The second-order valence-corrected chi connectivity index (χ2v) is 6.46. The molecule has 0 spiro atoms. The molecule has 6 nitrogen and oxygen atoms in total. The third-order valence-electron chi connectivity index (χ3n) is 4.64. The van der Waals surface area contributed by atoms with Gasteiger partial charge in [-0.25, -0.2) is 13.8 Å². The van der Waals surface area contributed by atoms with E-state index in [0.29, 0.717) is 16.5 Å². The van der Waals surface area contributed by atoms with E-state index in [1.807, 2.05) is 0 Å². The van der Waals surface area contributed by atoms with E-state index < -0.39 is 29.4 Å². The number of pyridine rings is 1. The first kappa shape index (κ1) is 18.4. The molecule has 29 heavy (non-hydrogen) atoms. The Bertz CT molecular complexity index is 1200. The molecule has 2 aromatic carbocycles. The maximum Gasteiger partial charge on any atom is 0.267 e. The summed E-state index contributed by atoms with van der Waals surface area (Å²) in [5.41, 5.74) is 6.09. The van der Waals surface area contributed by atoms with Crippen LogP contribution in [0, 0.1) is 11.6 Å². The van der Waals surface area contributed by atoms with E-state index in [9.17, 15) is 18.8 Å². The second kappa shape index (κ2) is 6.90. The maximum absolute atomic E-state index is 15.2. The Kier molecular flexibility index (Phi) is 4.38. The van der Waals surface area contributed by atoms with Gasteiger partial charge in [0.2, 0.25) is 0 Å². The van der Waals surface area contributed by atoms with Crippen molar-refractivity contribution in [3.8, 4) is 11.1 Å². The van der Waals surface area contributed by atoms with E-state index in [-0.39, 0.29) is 23.3 Å². The van der Waals surface area contributed by atoms with Crippen molar-refractivity contribution in [1.82, 2.24) is 9.88 Å². The molecule has 0 fully saturated rings. The number of hydrogen-bond donors (Lipinski definition) is 1. The molecule has 3 amide bonds. The minimum absolute atomic E-state index is 0.0575. The van der Waals surface area contributed by atoms with E-state index in [0.717, 1.165) is 17.1 Å². The van der Waals surface area contributed by atoms with Crippen molar-refractivity contribution >= 4 is 28.6 Å². The summed E-state index contributed by atoms with van der Waals surface area (Å²) >= 11 is 0. The number of aromatic nitrogens is 1. The average molecular weight is 393 g/mol. The van der Waals surface area contributed by atoms with E-state index >= 15 is 4.39 Å². The summed E-state index contributed by atoms with van der Waals surface area (Å²) in [6.45, 7) is -0.277. The Balaban J connectivity index is 1.88. The monoisotopic (exact) mass is 393 g/mol. The maximum atomic E-state index is 15.2. The average Bonchev–Trinajstić information content (AvgIpc) is 3.02. The number of carbonyl (C=O) groups excluding carboxylic acids is 3. The summed E-state index contributed by atoms with van der Waals surface area (Å²) in [6, 6.07) is 9.90. The van der Waals surface area contributed by atoms with Gasteiger partial charge in [-0.2, -0.15) is 0 Å². The van der Waals surface area contributed by atoms with Crippen molar-refractivity contribution in [2.45, 2.75) is 6.54 Å². The molecular weight excluding hydrogens is 380 g/mol. The van der Waals surface area contributed by atoms with Crippen molar-refractivity contribution in [3.05, 3.63) is 77.5 Å². The Morgan fingerprint density at radius 3 is 2.28 bits per heavy atom. The lowest BCUT2D eigenvalue weighted by atomic mass is 9.98. The zero-order chi connectivity index (χ0) is 20.7. The van der Waals surface area contributed by atoms with Crippen LogP contribution in [0.3, 0.4) is 0 Å². The number of benzene rings is 2. The SMILES string of the molecule is NC(=O)c1cc(-c2ccc(F)cc2)c2ccc(CN3C(=O)C=CC3=O)c(F)c2n1. The zero-order valence-corrected chi connectivity index (χ0v) is 14.9. The first-order valence-corrected chi connectivity index (χ1v) is 8.56. The summed E-state index contributed by atoms with van der Waals surface area (Å²) in [5, 5.41) is 0.375. The normalized spacial score (nSPS) is 13.5. The molecule has 0 unspecified atom stereocenters. The van der Waals surface area contributed by atoms with Crippen LogP contribution < -0.4 is 5.73 Å². The number of halogens is 2. The Hall–Kier alpha value is -3.94. The molecule has 1 aliphatic heterocycles. The number of primary amides is 1. The highest BCUT2D eigenvalue weighted by Crippen LogP contribution is 2.32. The Morgan fingerprint density at radius 2 is 1.66 bits per heavy atom. The Morgan fingerprint density at radius 1 is 1.00 bits per heavy atom. The van der Waals surface area contributed by atoms with Crippen molar-refractivity contribution in [2.24, 2.45) is 5.73 Å². The van der Waals surface area contributed by atoms with Crippen LogP contribution >= 0.6 is 0 Å². The van der Waals surface area contributed by atoms with Crippen LogP contribution in [0.25, 0.3) is 22.0 Å². The van der Waals surface area contributed by atoms with Gasteiger partial charge in [0.05, 0.1) is 6.54 Å². The molecule has 0 bridgehead atoms. The largest absolute Gasteiger partial charge is 0.364 e. The third-order valence-corrected chi connectivity index (χ3v) is 4.64. The highest BCUT2D eigenvalue weighted by molar-refractivity contribution is 6.12. The first-order chi connectivity index (χ1) is 13.8. The smallest absolute Gasteiger partial charge is 0.267 e. The number of carbonyl (C=O) groups is 3. The molecule has 2 heterocycles. The number of imide groups is 1. The Labute approximate surface area is 163 Å². The summed E-state index contributed by atoms with van der Waals surface area (Å²) in [5.74, 6) is -3.15. The minimum Gasteiger partial charge on any atom is -0.364 e. The van der Waals surface area contributed by atoms with Crippen LogP contribution in [0.5, 0.6) is 0 Å². The number of fused-ring (bicyclic) bond motifs is 1. The predicted molar refractivity (Wildman–Crippen MR) is 100 cm³/mol. The summed E-state index contributed by atoms with van der Waals surface area (Å²) in [6.07, 6.45) is 2.22. The molecule has 2 N–H and O–H groups in total. The number of nitrogens with zero attached hydrogens (tertiary/aromatic N) is 2. The molecule has 0 saturated heterocycles. The van der Waals surface area contributed by atoms with Gasteiger partial charge < -0.3 is 5.73 Å². The van der Waals surface area contributed by atoms with E-state index in [2.05, 4.69) is 4.98 Å². The highest BCUT2D eigenvalue weighted by atomic mass is 19.1. The summed E-state index contributed by atoms with van der Waals surface area (Å²) in [7, 11) is 0. The van der Waals surface area contributed by atoms with Crippen LogP contribution in [0.15, 0.2) is 54.6 Å². The summed E-state index contributed by atoms with van der Waals surface area (Å²) < 4.78 is 28.5. The lowest BCUT2D eigenvalue weighted by molar-refractivity contribution is -0.137. The molecule has 4 rings (SSSR count). The molecule has 3 aromatic rings. The van der Waals surface area contributed by atoms with Crippen molar-refractivity contribution in [3.63, 3.8) is 0 Å². The van der Waals surface area contributed by atoms with Gasteiger partial charge in [-0.1, -0.05) is 24.3 Å². The van der Waals surface area contributed by atoms with Gasteiger partial charge in [-0.3, -0.25) is 19.3 Å². The molecule has 0 radical (unpaired) electrons. The third kappa shape index (κ3) is 3.25. The number of hydrogen-bond acceptors (Lipinski definition) is 4. The molecule has 144 valence electrons. The van der Waals surface area contributed by atoms with Gasteiger partial charge in [0.15, 0.2) is 5.82 Å². The first-order valence-electron chi connectivity index (χ1n) is 8.56. The number of rotatable bonds is 4. The van der Waals surface area contributed by atoms with Gasteiger partial charge in [0.1, 0.15) is 17.0 Å². The van der Waals surface area contributed by atoms with Crippen molar-refractivity contribution < 1.29 is 23.2 Å². The lowest BCUT2D eigenvalue weighted by Crippen LogP contribution is -2.29. The van der Waals surface area contributed by atoms with Crippen LogP contribution in [-0.2, 0) is 16.1 Å². The van der Waals surface area contributed by atoms with E-state index in [1.54, 1.807) is 6.07 Å². The molecule has 0 saturated carbocycles. The van der Waals surface area contributed by atoms with Crippen molar-refractivity contribution in [2.75, 3.05) is 0 Å². The fraction of sp³-hybridized carbons (Fsp3) is 0.0476. The van der Waals surface area contributed by atoms with Crippen LogP contribution in [0.1, 0.15) is 16.1 Å². The molecule has 0 atom stereocenters. The lowest BCUT2D eigenvalue weighted by Gasteiger charge is -2.16. The van der Waals surface area contributed by atoms with Crippen LogP contribution in [-0.4, -0.2) is 27.6 Å². The quantitative estimate of drug-likeness (QED) is 0.690. The van der Waals surface area contributed by atoms with E-state index in [4.69, 9.17) is 5.73 Å². The molecule has 1 aliphatic rings. The number of amides is 3. The van der Waals surface area contributed by atoms with Gasteiger partial charge in [-0.15, -0.1) is 0 Å². The van der Waals surface area contributed by atoms with E-state index in [1.165, 1.54) is 36.4 Å². The van der Waals surface area contributed by atoms with Gasteiger partial charge in [-0.05, 0) is 29.3 Å². The number of nitrogens with two attached hydrogens (primary N) is 1. The predicted octanol–water partition coefficient (Wildman–Crippen LogP) is 2.70.